The molecule has 3 nitrogen and oxygen atoms in total. The molecule has 0 spiro atoms. The van der Waals surface area contributed by atoms with Crippen molar-refractivity contribution < 1.29 is 0 Å². The van der Waals surface area contributed by atoms with Gasteiger partial charge in [0, 0.05) is 10.0 Å². The van der Waals surface area contributed by atoms with Crippen LogP contribution < -0.4 is 0 Å². The van der Waals surface area contributed by atoms with Crippen LogP contribution in [0.1, 0.15) is 26.3 Å². The molecule has 0 fully saturated rings. The Morgan fingerprint density at radius 2 is 2.05 bits per heavy atom. The van der Waals surface area contributed by atoms with Crippen molar-refractivity contribution >= 4 is 29.3 Å². The average Bonchev–Trinajstić information content (AvgIpc) is 2.83. The predicted molar refractivity (Wildman–Crippen MR) is 83.9 cm³/mol. The predicted octanol–water partition coefficient (Wildman–Crippen LogP) is 4.71. The van der Waals surface area contributed by atoms with Gasteiger partial charge in [-0.3, -0.25) is 0 Å². The SMILES string of the molecule is CC(C)(C)/C(=C/c1ccc(Cl)cc1Cl)Cn1cncn1. The summed E-state index contributed by atoms with van der Waals surface area (Å²) in [6, 6.07) is 5.53. The highest BCUT2D eigenvalue weighted by atomic mass is 35.5. The summed E-state index contributed by atoms with van der Waals surface area (Å²) in [5.74, 6) is 0. The molecule has 0 saturated carbocycles. The van der Waals surface area contributed by atoms with Crippen LogP contribution in [0.2, 0.25) is 10.0 Å². The Morgan fingerprint density at radius 3 is 2.60 bits per heavy atom. The van der Waals surface area contributed by atoms with E-state index in [4.69, 9.17) is 23.2 Å². The monoisotopic (exact) mass is 309 g/mol. The first-order valence-electron chi connectivity index (χ1n) is 6.35. The molecule has 2 rings (SSSR count). The van der Waals surface area contributed by atoms with Gasteiger partial charge in [-0.2, -0.15) is 5.10 Å². The maximum atomic E-state index is 6.24. The molecule has 1 aromatic heterocycles. The van der Waals surface area contributed by atoms with Crippen LogP contribution in [-0.2, 0) is 6.54 Å². The Balaban J connectivity index is 2.38. The molecule has 0 amide bonds. The lowest BCUT2D eigenvalue weighted by atomic mass is 9.85. The molecule has 0 bridgehead atoms. The number of aromatic nitrogens is 3. The topological polar surface area (TPSA) is 30.7 Å². The van der Waals surface area contributed by atoms with E-state index in [1.54, 1.807) is 17.1 Å². The molecule has 0 aliphatic rings. The van der Waals surface area contributed by atoms with Crippen molar-refractivity contribution in [2.24, 2.45) is 5.41 Å². The van der Waals surface area contributed by atoms with Gasteiger partial charge in [0.1, 0.15) is 12.7 Å². The summed E-state index contributed by atoms with van der Waals surface area (Å²) in [7, 11) is 0. The summed E-state index contributed by atoms with van der Waals surface area (Å²) in [6.45, 7) is 7.18. The van der Waals surface area contributed by atoms with Gasteiger partial charge in [0.05, 0.1) is 6.54 Å². The molecule has 0 radical (unpaired) electrons. The maximum absolute atomic E-state index is 6.24. The smallest absolute Gasteiger partial charge is 0.137 e. The van der Waals surface area contributed by atoms with Crippen LogP contribution in [0.5, 0.6) is 0 Å². The third-order valence-electron chi connectivity index (χ3n) is 3.05. The van der Waals surface area contributed by atoms with Gasteiger partial charge in [0.2, 0.25) is 0 Å². The molecule has 0 saturated heterocycles. The summed E-state index contributed by atoms with van der Waals surface area (Å²) in [6.07, 6.45) is 5.35. The second-order valence-corrected chi connectivity index (χ2v) is 6.52. The zero-order valence-electron chi connectivity index (χ0n) is 11.8. The van der Waals surface area contributed by atoms with Gasteiger partial charge in [0.15, 0.2) is 0 Å². The summed E-state index contributed by atoms with van der Waals surface area (Å²) < 4.78 is 1.81. The first-order valence-corrected chi connectivity index (χ1v) is 7.10. The van der Waals surface area contributed by atoms with E-state index in [0.717, 1.165) is 5.56 Å². The molecule has 20 heavy (non-hydrogen) atoms. The molecule has 1 aromatic carbocycles. The average molecular weight is 310 g/mol. The largest absolute Gasteiger partial charge is 0.249 e. The molecule has 0 aliphatic carbocycles. The van der Waals surface area contributed by atoms with E-state index in [1.165, 1.54) is 11.9 Å². The second-order valence-electron chi connectivity index (χ2n) is 5.68. The molecular weight excluding hydrogens is 293 g/mol. The van der Waals surface area contributed by atoms with Crippen LogP contribution in [0.4, 0.5) is 0 Å². The summed E-state index contributed by atoms with van der Waals surface area (Å²) >= 11 is 12.2. The van der Waals surface area contributed by atoms with Crippen LogP contribution in [0.15, 0.2) is 36.4 Å². The molecule has 1 heterocycles. The Labute approximate surface area is 129 Å². The highest BCUT2D eigenvalue weighted by Crippen LogP contribution is 2.31. The van der Waals surface area contributed by atoms with Gasteiger partial charge in [0.25, 0.3) is 0 Å². The second kappa shape index (κ2) is 5.98. The van der Waals surface area contributed by atoms with E-state index in [-0.39, 0.29) is 5.41 Å². The fourth-order valence-electron chi connectivity index (χ4n) is 1.79. The molecule has 2 aromatic rings. The highest BCUT2D eigenvalue weighted by Gasteiger charge is 2.18. The zero-order chi connectivity index (χ0) is 14.8. The quantitative estimate of drug-likeness (QED) is 0.821. The van der Waals surface area contributed by atoms with Crippen molar-refractivity contribution in [3.63, 3.8) is 0 Å². The summed E-state index contributed by atoms with van der Waals surface area (Å²) in [5, 5.41) is 5.45. The van der Waals surface area contributed by atoms with Gasteiger partial charge in [-0.25, -0.2) is 9.67 Å². The van der Waals surface area contributed by atoms with Crippen LogP contribution in [0.25, 0.3) is 6.08 Å². The lowest BCUT2D eigenvalue weighted by Gasteiger charge is -2.23. The number of allylic oxidation sites excluding steroid dienone is 1. The Bertz CT molecular complexity index is 611. The molecule has 106 valence electrons. The summed E-state index contributed by atoms with van der Waals surface area (Å²) in [4.78, 5) is 3.97. The first-order chi connectivity index (χ1) is 9.36. The third kappa shape index (κ3) is 3.84. The van der Waals surface area contributed by atoms with Crippen molar-refractivity contribution in [3.05, 3.63) is 52.0 Å². The van der Waals surface area contributed by atoms with Gasteiger partial charge < -0.3 is 0 Å². The van der Waals surface area contributed by atoms with E-state index in [1.807, 2.05) is 12.1 Å². The Hall–Kier alpha value is -1.32. The molecule has 0 unspecified atom stereocenters. The molecule has 0 aliphatic heterocycles. The first kappa shape index (κ1) is 15.1. The molecular formula is C15H17Cl2N3. The van der Waals surface area contributed by atoms with Crippen LogP contribution in [0, 0.1) is 5.41 Å². The fraction of sp³-hybridized carbons (Fsp3) is 0.333. The van der Waals surface area contributed by atoms with Gasteiger partial charge in [-0.15, -0.1) is 0 Å². The van der Waals surface area contributed by atoms with Crippen LogP contribution in [0.3, 0.4) is 0 Å². The minimum absolute atomic E-state index is 0.00884. The van der Waals surface area contributed by atoms with Crippen LogP contribution >= 0.6 is 23.2 Å². The van der Waals surface area contributed by atoms with Crippen molar-refractivity contribution in [2.45, 2.75) is 27.3 Å². The van der Waals surface area contributed by atoms with E-state index < -0.39 is 0 Å². The van der Waals surface area contributed by atoms with Gasteiger partial charge in [-0.05, 0) is 28.7 Å². The number of hydrogen-bond donors (Lipinski definition) is 0. The van der Waals surface area contributed by atoms with E-state index in [9.17, 15) is 0 Å². The molecule has 0 N–H and O–H groups in total. The standard InChI is InChI=1S/C15H17Cl2N3/c1-15(2,3)12(8-20-10-18-9-19-20)6-11-4-5-13(16)7-14(11)17/h4-7,9-10H,8H2,1-3H3/b12-6+. The Kier molecular flexibility index (Phi) is 4.51. The normalized spacial score (nSPS) is 12.8. The van der Waals surface area contributed by atoms with E-state index in [0.29, 0.717) is 16.6 Å². The minimum Gasteiger partial charge on any atom is -0.249 e. The Morgan fingerprint density at radius 1 is 1.30 bits per heavy atom. The number of halogens is 2. The maximum Gasteiger partial charge on any atom is 0.137 e. The third-order valence-corrected chi connectivity index (χ3v) is 3.62. The lowest BCUT2D eigenvalue weighted by Crippen LogP contribution is -2.15. The van der Waals surface area contributed by atoms with Gasteiger partial charge >= 0.3 is 0 Å². The summed E-state index contributed by atoms with van der Waals surface area (Å²) in [5.41, 5.74) is 2.18. The number of nitrogens with zero attached hydrogens (tertiary/aromatic N) is 3. The van der Waals surface area contributed by atoms with Gasteiger partial charge in [-0.1, -0.05) is 56.1 Å². The van der Waals surface area contributed by atoms with Crippen molar-refractivity contribution in [2.75, 3.05) is 0 Å². The van der Waals surface area contributed by atoms with Crippen molar-refractivity contribution in [1.29, 1.82) is 0 Å². The number of hydrogen-bond acceptors (Lipinski definition) is 2. The molecule has 5 heteroatoms. The van der Waals surface area contributed by atoms with Crippen molar-refractivity contribution in [1.82, 2.24) is 14.8 Å². The van der Waals surface area contributed by atoms with E-state index in [2.05, 4.69) is 36.9 Å². The van der Waals surface area contributed by atoms with E-state index >= 15 is 0 Å². The van der Waals surface area contributed by atoms with Crippen LogP contribution in [-0.4, -0.2) is 14.8 Å². The zero-order valence-corrected chi connectivity index (χ0v) is 13.3. The minimum atomic E-state index is 0.00884. The fourth-order valence-corrected chi connectivity index (χ4v) is 2.26. The highest BCUT2D eigenvalue weighted by molar-refractivity contribution is 6.35. The number of rotatable bonds is 3. The lowest BCUT2D eigenvalue weighted by molar-refractivity contribution is 0.462. The number of benzene rings is 1. The van der Waals surface area contributed by atoms with Crippen molar-refractivity contribution in [3.8, 4) is 0 Å². The molecule has 0 atom stereocenters.